The average molecular weight is 384 g/mol. The molecule has 0 fully saturated rings. The van der Waals surface area contributed by atoms with Crippen molar-refractivity contribution in [2.24, 2.45) is 0 Å². The number of aromatic carboxylic acids is 1. The third-order valence-corrected chi connectivity index (χ3v) is 4.25. The van der Waals surface area contributed by atoms with Gasteiger partial charge in [0.1, 0.15) is 0 Å². The summed E-state index contributed by atoms with van der Waals surface area (Å²) in [6.07, 6.45) is 0. The summed E-state index contributed by atoms with van der Waals surface area (Å²) in [5, 5.41) is 13.6. The maximum absolute atomic E-state index is 11.3. The highest BCUT2D eigenvalue weighted by Gasteiger charge is 2.23. The van der Waals surface area contributed by atoms with Crippen LogP contribution in [-0.2, 0) is 0 Å². The first kappa shape index (κ1) is 15.0. The quantitative estimate of drug-likeness (QED) is 0.817. The van der Waals surface area contributed by atoms with Gasteiger partial charge in [0.25, 0.3) is 0 Å². The lowest BCUT2D eigenvalue weighted by atomic mass is 10.1. The Morgan fingerprint density at radius 3 is 2.50 bits per heavy atom. The SMILES string of the molecule is Cc1ccc(-n2nc(C(=O)O)c(I)c2C(C)C)c(C)c1. The monoisotopic (exact) mass is 384 g/mol. The van der Waals surface area contributed by atoms with Gasteiger partial charge in [-0.25, -0.2) is 9.48 Å². The molecule has 0 aliphatic heterocycles. The molecule has 0 bridgehead atoms. The number of carboxylic acid groups (broad SMARTS) is 1. The molecule has 2 rings (SSSR count). The number of nitrogens with zero attached hydrogens (tertiary/aromatic N) is 2. The second kappa shape index (κ2) is 5.55. The van der Waals surface area contributed by atoms with E-state index in [0.717, 1.165) is 16.9 Å². The first-order valence-electron chi connectivity index (χ1n) is 6.42. The van der Waals surface area contributed by atoms with Crippen LogP contribution in [0.4, 0.5) is 0 Å². The van der Waals surface area contributed by atoms with E-state index in [0.29, 0.717) is 3.57 Å². The predicted molar refractivity (Wildman–Crippen MR) is 86.8 cm³/mol. The zero-order chi connectivity index (χ0) is 15.0. The molecule has 1 heterocycles. The van der Waals surface area contributed by atoms with Gasteiger partial charge in [-0.3, -0.25) is 0 Å². The second-order valence-electron chi connectivity index (χ2n) is 5.21. The molecule has 0 amide bonds. The van der Waals surface area contributed by atoms with Gasteiger partial charge >= 0.3 is 5.97 Å². The van der Waals surface area contributed by atoms with E-state index >= 15 is 0 Å². The standard InChI is InChI=1S/C15H17IN2O2/c1-8(2)14-12(16)13(15(19)20)17-18(14)11-6-5-9(3)7-10(11)4/h5-8H,1-4H3,(H,19,20). The summed E-state index contributed by atoms with van der Waals surface area (Å²) < 4.78 is 2.48. The third-order valence-electron chi connectivity index (χ3n) is 3.19. The number of halogens is 1. The molecule has 0 spiro atoms. The molecule has 0 radical (unpaired) electrons. The van der Waals surface area contributed by atoms with Crippen molar-refractivity contribution in [2.45, 2.75) is 33.6 Å². The first-order valence-corrected chi connectivity index (χ1v) is 7.50. The van der Waals surface area contributed by atoms with Crippen molar-refractivity contribution in [3.8, 4) is 5.69 Å². The smallest absolute Gasteiger partial charge is 0.357 e. The van der Waals surface area contributed by atoms with E-state index in [1.165, 1.54) is 5.56 Å². The van der Waals surface area contributed by atoms with Crippen molar-refractivity contribution in [1.29, 1.82) is 0 Å². The molecular formula is C15H17IN2O2. The van der Waals surface area contributed by atoms with E-state index in [-0.39, 0.29) is 11.6 Å². The lowest BCUT2D eigenvalue weighted by Gasteiger charge is -2.13. The second-order valence-corrected chi connectivity index (χ2v) is 6.29. The van der Waals surface area contributed by atoms with Crippen LogP contribution in [0, 0.1) is 17.4 Å². The van der Waals surface area contributed by atoms with Crippen molar-refractivity contribution in [3.63, 3.8) is 0 Å². The highest BCUT2D eigenvalue weighted by molar-refractivity contribution is 14.1. The number of aromatic nitrogens is 2. The molecule has 0 unspecified atom stereocenters. The van der Waals surface area contributed by atoms with Crippen molar-refractivity contribution < 1.29 is 9.90 Å². The van der Waals surface area contributed by atoms with Crippen molar-refractivity contribution >= 4 is 28.6 Å². The summed E-state index contributed by atoms with van der Waals surface area (Å²) in [6.45, 7) is 8.15. The lowest BCUT2D eigenvalue weighted by molar-refractivity contribution is 0.0689. The molecular weight excluding hydrogens is 367 g/mol. The Kier molecular flexibility index (Phi) is 4.17. The zero-order valence-electron chi connectivity index (χ0n) is 11.9. The van der Waals surface area contributed by atoms with E-state index in [1.807, 2.05) is 39.8 Å². The maximum Gasteiger partial charge on any atom is 0.357 e. The first-order chi connectivity index (χ1) is 9.32. The van der Waals surface area contributed by atoms with Crippen LogP contribution in [0.15, 0.2) is 18.2 Å². The average Bonchev–Trinajstić information content (AvgIpc) is 2.66. The molecule has 5 heteroatoms. The summed E-state index contributed by atoms with van der Waals surface area (Å²) in [5.41, 5.74) is 4.26. The molecule has 4 nitrogen and oxygen atoms in total. The molecule has 2 aromatic rings. The normalized spacial score (nSPS) is 11.1. The van der Waals surface area contributed by atoms with E-state index in [2.05, 4.69) is 33.8 Å². The molecule has 0 saturated carbocycles. The minimum atomic E-state index is -0.986. The van der Waals surface area contributed by atoms with Gasteiger partial charge in [-0.15, -0.1) is 0 Å². The fourth-order valence-corrected chi connectivity index (χ4v) is 3.46. The van der Waals surface area contributed by atoms with Gasteiger partial charge in [0.2, 0.25) is 0 Å². The molecule has 1 aromatic heterocycles. The maximum atomic E-state index is 11.3. The van der Waals surface area contributed by atoms with Crippen LogP contribution in [0.25, 0.3) is 5.69 Å². The Morgan fingerprint density at radius 2 is 2.00 bits per heavy atom. The van der Waals surface area contributed by atoms with Crippen LogP contribution in [-0.4, -0.2) is 20.9 Å². The van der Waals surface area contributed by atoms with Gasteiger partial charge in [-0.2, -0.15) is 5.10 Å². The van der Waals surface area contributed by atoms with Gasteiger partial charge in [0.05, 0.1) is 15.0 Å². The van der Waals surface area contributed by atoms with Crippen molar-refractivity contribution in [3.05, 3.63) is 44.3 Å². The number of carboxylic acids is 1. The summed E-state index contributed by atoms with van der Waals surface area (Å²) in [4.78, 5) is 11.3. The van der Waals surface area contributed by atoms with Gasteiger partial charge in [-0.05, 0) is 54.0 Å². The highest BCUT2D eigenvalue weighted by Crippen LogP contribution is 2.28. The van der Waals surface area contributed by atoms with E-state index in [1.54, 1.807) is 4.68 Å². The predicted octanol–water partition coefficient (Wildman–Crippen LogP) is 3.92. The van der Waals surface area contributed by atoms with Crippen LogP contribution in [0.2, 0.25) is 0 Å². The number of hydrogen-bond acceptors (Lipinski definition) is 2. The van der Waals surface area contributed by atoms with Crippen LogP contribution in [0.3, 0.4) is 0 Å². The number of benzene rings is 1. The third kappa shape index (κ3) is 2.59. The Balaban J connectivity index is 2.73. The Morgan fingerprint density at radius 1 is 1.35 bits per heavy atom. The molecule has 1 N–H and O–H groups in total. The Labute approximate surface area is 132 Å². The number of carbonyl (C=O) groups is 1. The molecule has 0 atom stereocenters. The molecule has 1 aromatic carbocycles. The van der Waals surface area contributed by atoms with Crippen LogP contribution < -0.4 is 0 Å². The summed E-state index contributed by atoms with van der Waals surface area (Å²) in [7, 11) is 0. The fraction of sp³-hybridized carbons (Fsp3) is 0.333. The summed E-state index contributed by atoms with van der Waals surface area (Å²) in [5.74, 6) is -0.789. The lowest BCUT2D eigenvalue weighted by Crippen LogP contribution is -2.06. The molecule has 20 heavy (non-hydrogen) atoms. The fourth-order valence-electron chi connectivity index (χ4n) is 2.27. The van der Waals surface area contributed by atoms with Crippen LogP contribution in [0.1, 0.15) is 47.1 Å². The van der Waals surface area contributed by atoms with Crippen molar-refractivity contribution in [1.82, 2.24) is 9.78 Å². The van der Waals surface area contributed by atoms with Gasteiger partial charge in [0.15, 0.2) is 5.69 Å². The van der Waals surface area contributed by atoms with Crippen LogP contribution in [0.5, 0.6) is 0 Å². The number of hydrogen-bond donors (Lipinski definition) is 1. The molecule has 0 aliphatic carbocycles. The highest BCUT2D eigenvalue weighted by atomic mass is 127. The number of aryl methyl sites for hydroxylation is 2. The topological polar surface area (TPSA) is 55.1 Å². The van der Waals surface area contributed by atoms with Crippen molar-refractivity contribution in [2.75, 3.05) is 0 Å². The molecule has 106 valence electrons. The van der Waals surface area contributed by atoms with Crippen LogP contribution >= 0.6 is 22.6 Å². The minimum Gasteiger partial charge on any atom is -0.476 e. The van der Waals surface area contributed by atoms with Gasteiger partial charge < -0.3 is 5.11 Å². The largest absolute Gasteiger partial charge is 0.476 e. The molecule has 0 aliphatic rings. The number of rotatable bonds is 3. The minimum absolute atomic E-state index is 0.120. The Bertz CT molecular complexity index is 675. The Hall–Kier alpha value is -1.37. The zero-order valence-corrected chi connectivity index (χ0v) is 14.1. The van der Waals surface area contributed by atoms with E-state index in [4.69, 9.17) is 0 Å². The van der Waals surface area contributed by atoms with Gasteiger partial charge in [0, 0.05) is 0 Å². The summed E-state index contributed by atoms with van der Waals surface area (Å²) in [6, 6.07) is 6.08. The summed E-state index contributed by atoms with van der Waals surface area (Å²) >= 11 is 2.07. The molecule has 0 saturated heterocycles. The van der Waals surface area contributed by atoms with Gasteiger partial charge in [-0.1, -0.05) is 31.5 Å². The van der Waals surface area contributed by atoms with E-state index < -0.39 is 5.97 Å². The van der Waals surface area contributed by atoms with E-state index in [9.17, 15) is 9.90 Å².